The summed E-state index contributed by atoms with van der Waals surface area (Å²) >= 11 is 0. The van der Waals surface area contributed by atoms with Crippen LogP contribution in [0.2, 0.25) is 0 Å². The normalized spacial score (nSPS) is 53.4. The van der Waals surface area contributed by atoms with E-state index in [1.807, 2.05) is 13.8 Å². The van der Waals surface area contributed by atoms with Crippen molar-refractivity contribution in [2.45, 2.75) is 197 Å². The van der Waals surface area contributed by atoms with Crippen LogP contribution in [0.1, 0.15) is 112 Å². The molecule has 0 spiro atoms. The van der Waals surface area contributed by atoms with Gasteiger partial charge in [0, 0.05) is 45.0 Å². The Labute approximate surface area is 332 Å². The third kappa shape index (κ3) is 7.24. The van der Waals surface area contributed by atoms with E-state index in [9.17, 15) is 20.1 Å². The predicted octanol–water partition coefficient (Wildman–Crippen LogP) is 4.56. The van der Waals surface area contributed by atoms with Crippen molar-refractivity contribution in [1.29, 1.82) is 0 Å². The number of aliphatic hydroxyl groups excluding tert-OH is 2. The Kier molecular flexibility index (Phi) is 11.8. The summed E-state index contributed by atoms with van der Waals surface area (Å²) < 4.78 is 54.7. The van der Waals surface area contributed by atoms with E-state index in [2.05, 4.69) is 13.8 Å². The molecule has 20 unspecified atom stereocenters. The van der Waals surface area contributed by atoms with E-state index in [1.165, 1.54) is 0 Å². The molecule has 56 heavy (non-hydrogen) atoms. The number of hydrogen-bond donors (Lipinski definition) is 3. The molecule has 0 amide bonds. The highest BCUT2D eigenvalue weighted by Crippen LogP contribution is 2.70. The molecule has 0 aromatic heterocycles. The molecule has 0 bridgehead atoms. The maximum atomic E-state index is 12.6. The molecule has 20 atom stereocenters. The summed E-state index contributed by atoms with van der Waals surface area (Å²) in [6, 6.07) is 0. The summed E-state index contributed by atoms with van der Waals surface area (Å²) in [4.78, 5) is 11.9. The Balaban J connectivity index is 0.831. The molecule has 0 radical (unpaired) electrons. The summed E-state index contributed by atoms with van der Waals surface area (Å²) in [5, 5.41) is 34.4. The number of esters is 1. The highest BCUT2D eigenvalue weighted by Gasteiger charge is 2.68. The number of rotatable bonds is 9. The van der Waals surface area contributed by atoms with E-state index < -0.39 is 73.3 Å². The molecule has 4 aliphatic carbocycles. The van der Waals surface area contributed by atoms with Crippen molar-refractivity contribution in [3.63, 3.8) is 0 Å². The van der Waals surface area contributed by atoms with Crippen LogP contribution in [0.5, 0.6) is 0 Å². The van der Waals surface area contributed by atoms with Gasteiger partial charge < -0.3 is 58.0 Å². The maximum Gasteiger partial charge on any atom is 0.331 e. The average Bonchev–Trinajstić information content (AvgIpc) is 3.71. The van der Waals surface area contributed by atoms with Crippen LogP contribution >= 0.6 is 0 Å². The topological polar surface area (TPSA) is 161 Å². The fourth-order valence-electron chi connectivity index (χ4n) is 13.2. The van der Waals surface area contributed by atoms with E-state index in [0.717, 1.165) is 63.4 Å². The van der Waals surface area contributed by atoms with Gasteiger partial charge in [0.15, 0.2) is 18.9 Å². The van der Waals surface area contributed by atoms with Crippen LogP contribution in [0.4, 0.5) is 0 Å². The van der Waals surface area contributed by atoms with Gasteiger partial charge in [-0.3, -0.25) is 0 Å². The minimum atomic E-state index is -0.798. The van der Waals surface area contributed by atoms with Crippen molar-refractivity contribution in [1.82, 2.24) is 0 Å². The SMILES string of the molecule is COC1CC(OC2C(C)OC(OC3C(O)CC(OC4CCC5(C)C(CCC6C5CCC5(C)C(C7=CC(=O)OC7)CCC65O)C4)OC3C)CC2OC)OC(C)C1O. The van der Waals surface area contributed by atoms with Crippen LogP contribution < -0.4 is 0 Å². The molecule has 3 N–H and O–H groups in total. The molecule has 318 valence electrons. The first kappa shape index (κ1) is 41.5. The lowest BCUT2D eigenvalue weighted by atomic mass is 9.43. The lowest BCUT2D eigenvalue weighted by molar-refractivity contribution is -0.338. The summed E-state index contributed by atoms with van der Waals surface area (Å²) in [6.45, 7) is 10.8. The number of ether oxygens (including phenoxy) is 9. The zero-order valence-electron chi connectivity index (χ0n) is 34.5. The number of hydrogen-bond acceptors (Lipinski definition) is 13. The Hall–Kier alpha value is -1.23. The molecule has 0 aromatic carbocycles. The molecular formula is C43H68O13. The Bertz CT molecular complexity index is 1430. The second kappa shape index (κ2) is 16.0. The van der Waals surface area contributed by atoms with E-state index in [4.69, 9.17) is 42.6 Å². The second-order valence-electron chi connectivity index (χ2n) is 19.2. The van der Waals surface area contributed by atoms with Gasteiger partial charge in [0.1, 0.15) is 24.9 Å². The van der Waals surface area contributed by atoms with Crippen molar-refractivity contribution in [2.24, 2.45) is 34.5 Å². The van der Waals surface area contributed by atoms with Gasteiger partial charge in [-0.15, -0.1) is 0 Å². The van der Waals surface area contributed by atoms with E-state index in [-0.39, 0.29) is 40.8 Å². The number of aliphatic hydroxyl groups is 3. The van der Waals surface area contributed by atoms with Gasteiger partial charge in [0.05, 0.1) is 48.3 Å². The van der Waals surface area contributed by atoms with Crippen LogP contribution in [0.3, 0.4) is 0 Å². The fraction of sp³-hybridized carbons (Fsp3) is 0.930. The molecule has 4 heterocycles. The average molecular weight is 793 g/mol. The van der Waals surface area contributed by atoms with Gasteiger partial charge in [-0.05, 0) is 113 Å². The zero-order chi connectivity index (χ0) is 39.7. The highest BCUT2D eigenvalue weighted by molar-refractivity contribution is 5.85. The van der Waals surface area contributed by atoms with E-state index in [1.54, 1.807) is 27.2 Å². The number of carbonyl (C=O) groups is 1. The molecule has 8 rings (SSSR count). The molecule has 3 saturated heterocycles. The summed E-state index contributed by atoms with van der Waals surface area (Å²) in [5.74, 6) is 1.19. The molecule has 7 fully saturated rings. The Morgan fingerprint density at radius 3 is 2.05 bits per heavy atom. The van der Waals surface area contributed by atoms with Gasteiger partial charge in [0.2, 0.25) is 0 Å². The summed E-state index contributed by atoms with van der Waals surface area (Å²) in [7, 11) is 3.21. The van der Waals surface area contributed by atoms with Crippen molar-refractivity contribution in [2.75, 3.05) is 20.8 Å². The van der Waals surface area contributed by atoms with Crippen molar-refractivity contribution >= 4 is 5.97 Å². The van der Waals surface area contributed by atoms with Crippen LogP contribution in [0, 0.1) is 34.5 Å². The lowest BCUT2D eigenvalue weighted by Gasteiger charge is -2.64. The van der Waals surface area contributed by atoms with Gasteiger partial charge in [-0.2, -0.15) is 0 Å². The minimum Gasteiger partial charge on any atom is -0.458 e. The zero-order valence-corrected chi connectivity index (χ0v) is 34.5. The standard InChI is InChI=1S/C43H68O13/c1-22-38(46)32(48-6)19-36(51-22)56-40-24(3)53-37(20-33(40)49-7)55-39-23(2)52-35(18-31(39)44)54-27-10-13-41(4)26(17-27)8-9-30-29(41)11-14-42(5)28(12-15-43(30,42)47)25-16-34(45)50-21-25/h16,22-24,26-33,35-40,44,46-47H,8-15,17-21H2,1-7H3. The third-order valence-corrected chi connectivity index (χ3v) is 16.4. The van der Waals surface area contributed by atoms with E-state index in [0.29, 0.717) is 37.7 Å². The van der Waals surface area contributed by atoms with Gasteiger partial charge in [-0.1, -0.05) is 13.8 Å². The number of methoxy groups -OCH3 is 2. The molecule has 4 saturated carbocycles. The largest absolute Gasteiger partial charge is 0.458 e. The number of cyclic esters (lactones) is 1. The molecular weight excluding hydrogens is 724 g/mol. The predicted molar refractivity (Wildman–Crippen MR) is 201 cm³/mol. The minimum absolute atomic E-state index is 0.0478. The van der Waals surface area contributed by atoms with Crippen molar-refractivity contribution in [3.8, 4) is 0 Å². The maximum absolute atomic E-state index is 12.6. The van der Waals surface area contributed by atoms with Gasteiger partial charge in [0.25, 0.3) is 0 Å². The molecule has 0 aromatic rings. The molecule has 13 nitrogen and oxygen atoms in total. The van der Waals surface area contributed by atoms with Crippen molar-refractivity contribution in [3.05, 3.63) is 11.6 Å². The van der Waals surface area contributed by atoms with Gasteiger partial charge >= 0.3 is 5.97 Å². The lowest BCUT2D eigenvalue weighted by Crippen LogP contribution is -2.62. The first-order chi connectivity index (χ1) is 26.7. The molecule has 4 aliphatic heterocycles. The van der Waals surface area contributed by atoms with Crippen LogP contribution in [-0.2, 0) is 47.4 Å². The van der Waals surface area contributed by atoms with Crippen LogP contribution in [0.25, 0.3) is 0 Å². The fourth-order valence-corrected chi connectivity index (χ4v) is 13.2. The smallest absolute Gasteiger partial charge is 0.331 e. The number of fused-ring (bicyclic) bond motifs is 5. The van der Waals surface area contributed by atoms with E-state index >= 15 is 0 Å². The number of carbonyl (C=O) groups excluding carboxylic acids is 1. The third-order valence-electron chi connectivity index (χ3n) is 16.4. The first-order valence-electron chi connectivity index (χ1n) is 21.6. The van der Waals surface area contributed by atoms with Gasteiger partial charge in [-0.25, -0.2) is 4.79 Å². The summed E-state index contributed by atoms with van der Waals surface area (Å²) in [6.07, 6.45) is 5.36. The first-order valence-corrected chi connectivity index (χ1v) is 21.6. The van der Waals surface area contributed by atoms with Crippen LogP contribution in [-0.4, -0.2) is 128 Å². The Morgan fingerprint density at radius 1 is 0.714 bits per heavy atom. The van der Waals surface area contributed by atoms with Crippen LogP contribution in [0.15, 0.2) is 11.6 Å². The quantitative estimate of drug-likeness (QED) is 0.221. The monoisotopic (exact) mass is 792 g/mol. The highest BCUT2D eigenvalue weighted by atomic mass is 16.7. The Morgan fingerprint density at radius 2 is 1.38 bits per heavy atom. The second-order valence-corrected chi connectivity index (χ2v) is 19.2. The molecule has 13 heteroatoms. The molecule has 8 aliphatic rings. The van der Waals surface area contributed by atoms with Crippen molar-refractivity contribution < 1.29 is 62.7 Å². The summed E-state index contributed by atoms with van der Waals surface area (Å²) in [5.41, 5.74) is 0.258.